The molecule has 3 heteroatoms. The molecule has 0 fully saturated rings. The summed E-state index contributed by atoms with van der Waals surface area (Å²) in [5.41, 5.74) is 7.88. The van der Waals surface area contributed by atoms with E-state index in [1.165, 1.54) is 0 Å². The summed E-state index contributed by atoms with van der Waals surface area (Å²) in [6.07, 6.45) is 0. The van der Waals surface area contributed by atoms with E-state index in [4.69, 9.17) is 5.73 Å². The highest BCUT2D eigenvalue weighted by molar-refractivity contribution is 5.94. The largest absolute Gasteiger partial charge is 0.346 e. The minimum atomic E-state index is -0.0929. The van der Waals surface area contributed by atoms with Gasteiger partial charge in [0.25, 0.3) is 5.91 Å². The van der Waals surface area contributed by atoms with Crippen molar-refractivity contribution in [2.24, 2.45) is 5.73 Å². The molecule has 3 N–H and O–H groups in total. The SMILES string of the molecule is CC(NC(=O)c1ccc(C#CCN)cc1)c1ccccc1. The molecule has 0 saturated heterocycles. The van der Waals surface area contributed by atoms with Crippen LogP contribution in [0.25, 0.3) is 0 Å². The van der Waals surface area contributed by atoms with Crippen LogP contribution in [0.4, 0.5) is 0 Å². The van der Waals surface area contributed by atoms with Gasteiger partial charge < -0.3 is 11.1 Å². The van der Waals surface area contributed by atoms with E-state index in [9.17, 15) is 4.79 Å². The number of nitrogens with two attached hydrogens (primary N) is 1. The van der Waals surface area contributed by atoms with Crippen LogP contribution in [-0.2, 0) is 0 Å². The molecule has 2 aromatic rings. The summed E-state index contributed by atoms with van der Waals surface area (Å²) < 4.78 is 0. The number of amides is 1. The summed E-state index contributed by atoms with van der Waals surface area (Å²) in [4.78, 5) is 12.2. The molecule has 1 atom stereocenters. The molecule has 1 unspecified atom stereocenters. The van der Waals surface area contributed by atoms with Crippen LogP contribution in [0, 0.1) is 11.8 Å². The van der Waals surface area contributed by atoms with Crippen LogP contribution in [-0.4, -0.2) is 12.5 Å². The smallest absolute Gasteiger partial charge is 0.251 e. The highest BCUT2D eigenvalue weighted by Gasteiger charge is 2.10. The maximum atomic E-state index is 12.2. The fourth-order valence-corrected chi connectivity index (χ4v) is 1.96. The number of carbonyl (C=O) groups is 1. The van der Waals surface area contributed by atoms with Crippen LogP contribution in [0.5, 0.6) is 0 Å². The Labute approximate surface area is 125 Å². The zero-order valence-electron chi connectivity index (χ0n) is 12.0. The van der Waals surface area contributed by atoms with Gasteiger partial charge >= 0.3 is 0 Å². The summed E-state index contributed by atoms with van der Waals surface area (Å²) in [7, 11) is 0. The first-order valence-corrected chi connectivity index (χ1v) is 6.85. The normalized spacial score (nSPS) is 11.1. The van der Waals surface area contributed by atoms with E-state index in [1.54, 1.807) is 12.1 Å². The number of hydrogen-bond acceptors (Lipinski definition) is 2. The van der Waals surface area contributed by atoms with Gasteiger partial charge in [0, 0.05) is 11.1 Å². The van der Waals surface area contributed by atoms with Crippen molar-refractivity contribution >= 4 is 5.91 Å². The van der Waals surface area contributed by atoms with Gasteiger partial charge in [0.15, 0.2) is 0 Å². The first-order chi connectivity index (χ1) is 10.2. The molecule has 0 saturated carbocycles. The van der Waals surface area contributed by atoms with E-state index in [1.807, 2.05) is 49.4 Å². The molecule has 0 spiro atoms. The Kier molecular flexibility index (Phi) is 5.14. The van der Waals surface area contributed by atoms with Crippen molar-refractivity contribution in [1.29, 1.82) is 0 Å². The summed E-state index contributed by atoms with van der Waals surface area (Å²) in [6.45, 7) is 2.30. The number of carbonyl (C=O) groups excluding carboxylic acids is 1. The van der Waals surface area contributed by atoms with Crippen molar-refractivity contribution in [3.8, 4) is 11.8 Å². The highest BCUT2D eigenvalue weighted by atomic mass is 16.1. The molecule has 0 aliphatic rings. The fraction of sp³-hybridized carbons (Fsp3) is 0.167. The topological polar surface area (TPSA) is 55.1 Å². The maximum Gasteiger partial charge on any atom is 0.251 e. The first-order valence-electron chi connectivity index (χ1n) is 6.85. The van der Waals surface area contributed by atoms with E-state index in [-0.39, 0.29) is 11.9 Å². The van der Waals surface area contributed by atoms with Gasteiger partial charge in [0.05, 0.1) is 12.6 Å². The van der Waals surface area contributed by atoms with Gasteiger partial charge in [0.1, 0.15) is 0 Å². The van der Waals surface area contributed by atoms with E-state index < -0.39 is 0 Å². The monoisotopic (exact) mass is 278 g/mol. The van der Waals surface area contributed by atoms with Gasteiger partial charge in [-0.2, -0.15) is 0 Å². The standard InChI is InChI=1S/C18H18N2O/c1-14(16-7-3-2-4-8-16)20-18(21)17-11-9-15(10-12-17)6-5-13-19/h2-4,7-12,14H,13,19H2,1H3,(H,20,21). The second-order valence-corrected chi connectivity index (χ2v) is 4.69. The quantitative estimate of drug-likeness (QED) is 0.848. The molecule has 106 valence electrons. The molecule has 0 bridgehead atoms. The van der Waals surface area contributed by atoms with Crippen molar-refractivity contribution in [3.05, 3.63) is 71.3 Å². The van der Waals surface area contributed by atoms with E-state index in [2.05, 4.69) is 17.2 Å². The van der Waals surface area contributed by atoms with Crippen LogP contribution in [0.2, 0.25) is 0 Å². The minimum absolute atomic E-state index is 0.0320. The second-order valence-electron chi connectivity index (χ2n) is 4.69. The van der Waals surface area contributed by atoms with Crippen LogP contribution in [0.3, 0.4) is 0 Å². The van der Waals surface area contributed by atoms with Crippen LogP contribution in [0.15, 0.2) is 54.6 Å². The molecular formula is C18H18N2O. The lowest BCUT2D eigenvalue weighted by molar-refractivity contribution is 0.0940. The predicted octanol–water partition coefficient (Wildman–Crippen LogP) is 2.49. The van der Waals surface area contributed by atoms with Gasteiger partial charge in [-0.05, 0) is 36.8 Å². The average molecular weight is 278 g/mol. The van der Waals surface area contributed by atoms with Crippen molar-refractivity contribution in [1.82, 2.24) is 5.32 Å². The molecule has 0 radical (unpaired) electrons. The van der Waals surface area contributed by atoms with Crippen molar-refractivity contribution in [2.45, 2.75) is 13.0 Å². The Balaban J connectivity index is 2.03. The molecule has 21 heavy (non-hydrogen) atoms. The molecule has 0 heterocycles. The van der Waals surface area contributed by atoms with Crippen molar-refractivity contribution in [3.63, 3.8) is 0 Å². The van der Waals surface area contributed by atoms with Gasteiger partial charge in [-0.15, -0.1) is 0 Å². The molecule has 2 aromatic carbocycles. The Morgan fingerprint density at radius 2 is 1.81 bits per heavy atom. The zero-order chi connectivity index (χ0) is 15.1. The van der Waals surface area contributed by atoms with Crippen molar-refractivity contribution in [2.75, 3.05) is 6.54 Å². The van der Waals surface area contributed by atoms with Gasteiger partial charge in [0.2, 0.25) is 0 Å². The second kappa shape index (κ2) is 7.28. The summed E-state index contributed by atoms with van der Waals surface area (Å²) in [5.74, 6) is 5.62. The summed E-state index contributed by atoms with van der Waals surface area (Å²) in [5, 5.41) is 2.98. The van der Waals surface area contributed by atoms with E-state index in [0.717, 1.165) is 11.1 Å². The van der Waals surface area contributed by atoms with Gasteiger partial charge in [-0.3, -0.25) is 4.79 Å². The molecule has 2 rings (SSSR count). The van der Waals surface area contributed by atoms with E-state index >= 15 is 0 Å². The first kappa shape index (κ1) is 14.8. The Morgan fingerprint density at radius 1 is 1.14 bits per heavy atom. The average Bonchev–Trinajstić information content (AvgIpc) is 2.54. The lowest BCUT2D eigenvalue weighted by Gasteiger charge is -2.14. The third-order valence-electron chi connectivity index (χ3n) is 3.13. The van der Waals surface area contributed by atoms with Crippen molar-refractivity contribution < 1.29 is 4.79 Å². The Bertz CT molecular complexity index is 651. The summed E-state index contributed by atoms with van der Waals surface area (Å²) in [6, 6.07) is 17.0. The van der Waals surface area contributed by atoms with Crippen LogP contribution in [0.1, 0.15) is 34.5 Å². The zero-order valence-corrected chi connectivity index (χ0v) is 12.0. The van der Waals surface area contributed by atoms with Crippen LogP contribution >= 0.6 is 0 Å². The number of benzene rings is 2. The lowest BCUT2D eigenvalue weighted by atomic mass is 10.1. The fourth-order valence-electron chi connectivity index (χ4n) is 1.96. The molecule has 3 nitrogen and oxygen atoms in total. The molecule has 1 amide bonds. The summed E-state index contributed by atoms with van der Waals surface area (Å²) >= 11 is 0. The minimum Gasteiger partial charge on any atom is -0.346 e. The van der Waals surface area contributed by atoms with Gasteiger partial charge in [-0.1, -0.05) is 42.2 Å². The lowest BCUT2D eigenvalue weighted by Crippen LogP contribution is -2.26. The Morgan fingerprint density at radius 3 is 2.43 bits per heavy atom. The number of nitrogens with one attached hydrogen (secondary N) is 1. The number of hydrogen-bond donors (Lipinski definition) is 2. The molecule has 0 aliphatic carbocycles. The van der Waals surface area contributed by atoms with E-state index in [0.29, 0.717) is 12.1 Å². The predicted molar refractivity (Wildman–Crippen MR) is 84.7 cm³/mol. The number of rotatable bonds is 3. The molecule has 0 aromatic heterocycles. The molecular weight excluding hydrogens is 260 g/mol. The third kappa shape index (κ3) is 4.20. The Hall–Kier alpha value is -2.57. The third-order valence-corrected chi connectivity index (χ3v) is 3.13. The molecule has 0 aliphatic heterocycles. The van der Waals surface area contributed by atoms with Gasteiger partial charge in [-0.25, -0.2) is 0 Å². The van der Waals surface area contributed by atoms with Crippen LogP contribution < -0.4 is 11.1 Å². The highest BCUT2D eigenvalue weighted by Crippen LogP contribution is 2.12. The maximum absolute atomic E-state index is 12.2.